The summed E-state index contributed by atoms with van der Waals surface area (Å²) in [5.74, 6) is 0.396. The van der Waals surface area contributed by atoms with Crippen molar-refractivity contribution < 1.29 is 0 Å². The third-order valence-electron chi connectivity index (χ3n) is 1.41. The summed E-state index contributed by atoms with van der Waals surface area (Å²) < 4.78 is 1.62. The van der Waals surface area contributed by atoms with Gasteiger partial charge in [-0.15, -0.1) is 0 Å². The minimum atomic E-state index is 0.396. The maximum Gasteiger partial charge on any atom is 0.182 e. The average Bonchev–Trinajstić information content (AvgIpc) is 2.35. The van der Waals surface area contributed by atoms with Crippen LogP contribution in [0.1, 0.15) is 0 Å². The number of nitrogens with two attached hydrogens (primary N) is 1. The summed E-state index contributed by atoms with van der Waals surface area (Å²) in [4.78, 5) is 7.84. The summed E-state index contributed by atoms with van der Waals surface area (Å²) in [7, 11) is 0. The van der Waals surface area contributed by atoms with Crippen LogP contribution >= 0.6 is 11.6 Å². The standard InChI is InChI=1S/C6H5ClN4/c7-4-1-2-9-6-5(8)10-3-11(4)6/h1-3H,8H2. The summed E-state index contributed by atoms with van der Waals surface area (Å²) in [6.45, 7) is 0. The average molecular weight is 169 g/mol. The van der Waals surface area contributed by atoms with E-state index in [-0.39, 0.29) is 0 Å². The van der Waals surface area contributed by atoms with Crippen molar-refractivity contribution in [3.63, 3.8) is 0 Å². The van der Waals surface area contributed by atoms with Gasteiger partial charge in [-0.25, -0.2) is 9.97 Å². The van der Waals surface area contributed by atoms with Crippen LogP contribution in [-0.4, -0.2) is 14.4 Å². The number of hydrogen-bond acceptors (Lipinski definition) is 3. The molecule has 0 unspecified atom stereocenters. The number of anilines is 1. The van der Waals surface area contributed by atoms with Crippen molar-refractivity contribution in [2.24, 2.45) is 0 Å². The largest absolute Gasteiger partial charge is 0.381 e. The number of nitrogens with zero attached hydrogens (tertiary/aromatic N) is 3. The zero-order valence-corrected chi connectivity index (χ0v) is 6.28. The minimum Gasteiger partial charge on any atom is -0.381 e. The van der Waals surface area contributed by atoms with Crippen molar-refractivity contribution in [2.45, 2.75) is 0 Å². The van der Waals surface area contributed by atoms with E-state index in [4.69, 9.17) is 17.3 Å². The number of nitrogen functional groups attached to an aromatic ring is 1. The zero-order chi connectivity index (χ0) is 7.84. The molecule has 2 aromatic heterocycles. The number of rotatable bonds is 0. The first-order valence-corrected chi connectivity index (χ1v) is 3.40. The Balaban J connectivity index is 2.94. The Labute approximate surface area is 67.6 Å². The summed E-state index contributed by atoms with van der Waals surface area (Å²) in [6, 6.07) is 1.68. The predicted octanol–water partition coefficient (Wildman–Crippen LogP) is 0.965. The minimum absolute atomic E-state index is 0.396. The monoisotopic (exact) mass is 168 g/mol. The maximum absolute atomic E-state index is 5.80. The third-order valence-corrected chi connectivity index (χ3v) is 1.72. The summed E-state index contributed by atoms with van der Waals surface area (Å²) >= 11 is 5.80. The molecule has 0 fully saturated rings. The van der Waals surface area contributed by atoms with Crippen LogP contribution in [0.4, 0.5) is 5.82 Å². The van der Waals surface area contributed by atoms with Gasteiger partial charge in [-0.05, 0) is 6.07 Å². The fraction of sp³-hybridized carbons (Fsp3) is 0. The molecular formula is C6H5ClN4. The van der Waals surface area contributed by atoms with Crippen molar-refractivity contribution in [3.05, 3.63) is 23.7 Å². The van der Waals surface area contributed by atoms with E-state index in [9.17, 15) is 0 Å². The predicted molar refractivity (Wildman–Crippen MR) is 42.4 cm³/mol. The molecule has 0 aliphatic rings. The van der Waals surface area contributed by atoms with E-state index in [0.29, 0.717) is 16.6 Å². The van der Waals surface area contributed by atoms with Crippen molar-refractivity contribution in [2.75, 3.05) is 5.73 Å². The van der Waals surface area contributed by atoms with Gasteiger partial charge in [-0.2, -0.15) is 0 Å². The van der Waals surface area contributed by atoms with Crippen molar-refractivity contribution in [1.29, 1.82) is 0 Å². The molecular weight excluding hydrogens is 164 g/mol. The molecule has 0 radical (unpaired) electrons. The van der Waals surface area contributed by atoms with Crippen molar-refractivity contribution in [1.82, 2.24) is 14.4 Å². The molecule has 2 heterocycles. The van der Waals surface area contributed by atoms with E-state index in [2.05, 4.69) is 9.97 Å². The van der Waals surface area contributed by atoms with Gasteiger partial charge in [-0.1, -0.05) is 11.6 Å². The van der Waals surface area contributed by atoms with Crippen LogP contribution in [-0.2, 0) is 0 Å². The Hall–Kier alpha value is -1.29. The topological polar surface area (TPSA) is 56.2 Å². The summed E-state index contributed by atoms with van der Waals surface area (Å²) in [5.41, 5.74) is 6.09. The molecule has 0 aromatic carbocycles. The van der Waals surface area contributed by atoms with Gasteiger partial charge in [0, 0.05) is 6.20 Å². The van der Waals surface area contributed by atoms with Gasteiger partial charge in [-0.3, -0.25) is 4.40 Å². The molecule has 2 N–H and O–H groups in total. The smallest absolute Gasteiger partial charge is 0.182 e. The van der Waals surface area contributed by atoms with Gasteiger partial charge in [0.2, 0.25) is 0 Å². The molecule has 0 amide bonds. The lowest BCUT2D eigenvalue weighted by atomic mass is 10.6. The molecule has 0 aliphatic heterocycles. The van der Waals surface area contributed by atoms with Gasteiger partial charge in [0.05, 0.1) is 0 Å². The van der Waals surface area contributed by atoms with E-state index in [1.165, 1.54) is 0 Å². The molecule has 0 bridgehead atoms. The number of imidazole rings is 1. The first kappa shape index (κ1) is 6.42. The molecule has 2 aromatic rings. The highest BCUT2D eigenvalue weighted by Gasteiger charge is 2.02. The lowest BCUT2D eigenvalue weighted by Gasteiger charge is -1.93. The Kier molecular flexibility index (Phi) is 1.22. The van der Waals surface area contributed by atoms with Crippen LogP contribution in [0.15, 0.2) is 18.6 Å². The zero-order valence-electron chi connectivity index (χ0n) is 5.53. The highest BCUT2D eigenvalue weighted by Crippen LogP contribution is 2.13. The number of aromatic nitrogens is 3. The van der Waals surface area contributed by atoms with Crippen LogP contribution in [0.2, 0.25) is 5.15 Å². The molecule has 11 heavy (non-hydrogen) atoms. The quantitative estimate of drug-likeness (QED) is 0.597. The van der Waals surface area contributed by atoms with Gasteiger partial charge >= 0.3 is 0 Å². The van der Waals surface area contributed by atoms with Crippen molar-refractivity contribution in [3.8, 4) is 0 Å². The Bertz CT molecular complexity index is 394. The molecule has 4 nitrogen and oxygen atoms in total. The van der Waals surface area contributed by atoms with Crippen LogP contribution in [0.3, 0.4) is 0 Å². The molecule has 0 spiro atoms. The molecule has 56 valence electrons. The molecule has 0 aliphatic carbocycles. The molecule has 2 rings (SSSR count). The van der Waals surface area contributed by atoms with E-state index in [1.807, 2.05) is 0 Å². The Morgan fingerprint density at radius 3 is 3.00 bits per heavy atom. The summed E-state index contributed by atoms with van der Waals surface area (Å²) in [5, 5.41) is 0.555. The fourth-order valence-electron chi connectivity index (χ4n) is 0.890. The van der Waals surface area contributed by atoms with E-state index < -0.39 is 0 Å². The Morgan fingerprint density at radius 1 is 1.45 bits per heavy atom. The number of halogens is 1. The van der Waals surface area contributed by atoms with E-state index >= 15 is 0 Å². The fourth-order valence-corrected chi connectivity index (χ4v) is 1.07. The van der Waals surface area contributed by atoms with E-state index in [0.717, 1.165) is 0 Å². The Morgan fingerprint density at radius 2 is 2.27 bits per heavy atom. The highest BCUT2D eigenvalue weighted by molar-refractivity contribution is 6.29. The highest BCUT2D eigenvalue weighted by atomic mass is 35.5. The van der Waals surface area contributed by atoms with Gasteiger partial charge in [0.25, 0.3) is 0 Å². The van der Waals surface area contributed by atoms with Crippen LogP contribution in [0.5, 0.6) is 0 Å². The first-order valence-electron chi connectivity index (χ1n) is 3.02. The number of fused-ring (bicyclic) bond motifs is 1. The van der Waals surface area contributed by atoms with Crippen LogP contribution < -0.4 is 5.73 Å². The lowest BCUT2D eigenvalue weighted by Crippen LogP contribution is -1.90. The second kappa shape index (κ2) is 2.10. The third kappa shape index (κ3) is 0.832. The second-order valence-electron chi connectivity index (χ2n) is 2.09. The van der Waals surface area contributed by atoms with E-state index in [1.54, 1.807) is 23.0 Å². The summed E-state index contributed by atoms with van der Waals surface area (Å²) in [6.07, 6.45) is 3.13. The molecule has 0 saturated carbocycles. The molecule has 0 atom stereocenters. The van der Waals surface area contributed by atoms with Crippen molar-refractivity contribution >= 4 is 23.1 Å². The second-order valence-corrected chi connectivity index (χ2v) is 2.48. The normalized spacial score (nSPS) is 10.6. The maximum atomic E-state index is 5.80. The first-order chi connectivity index (χ1) is 5.29. The van der Waals surface area contributed by atoms with Gasteiger partial charge < -0.3 is 5.73 Å². The SMILES string of the molecule is Nc1ncn2c(Cl)ccnc12. The number of hydrogen-bond donors (Lipinski definition) is 1. The molecule has 0 saturated heterocycles. The van der Waals surface area contributed by atoms with Gasteiger partial charge in [0.1, 0.15) is 11.5 Å². The van der Waals surface area contributed by atoms with Gasteiger partial charge in [0.15, 0.2) is 11.5 Å². The molecule has 5 heteroatoms. The van der Waals surface area contributed by atoms with Crippen LogP contribution in [0.25, 0.3) is 5.65 Å². The lowest BCUT2D eigenvalue weighted by molar-refractivity contribution is 1.11. The van der Waals surface area contributed by atoms with Crippen LogP contribution in [0, 0.1) is 0 Å².